The van der Waals surface area contributed by atoms with E-state index < -0.39 is 0 Å². The standard InChI is InChI=1S/C7H6N2.C7H6O2/c1-2-4-7-6(3-1)8-5-9-7;1-2-4-7-6(3-1)5-8-9-7/h1-5H,(H,8,9);1-4H,5H2. The quantitative estimate of drug-likeness (QED) is 0.614. The molecule has 2 aromatic carbocycles. The van der Waals surface area contributed by atoms with E-state index in [-0.39, 0.29) is 0 Å². The lowest BCUT2D eigenvalue weighted by molar-refractivity contribution is -0.194. The summed E-state index contributed by atoms with van der Waals surface area (Å²) < 4.78 is 0. The molecule has 0 saturated heterocycles. The largest absolute Gasteiger partial charge is 0.345 e. The van der Waals surface area contributed by atoms with E-state index in [1.165, 1.54) is 0 Å². The van der Waals surface area contributed by atoms with Crippen LogP contribution < -0.4 is 4.89 Å². The Morgan fingerprint density at radius 2 is 1.83 bits per heavy atom. The minimum atomic E-state index is 0.580. The summed E-state index contributed by atoms with van der Waals surface area (Å²) in [5, 5.41) is 0. The molecule has 0 bridgehead atoms. The topological polar surface area (TPSA) is 47.1 Å². The van der Waals surface area contributed by atoms with Gasteiger partial charge in [-0.25, -0.2) is 4.98 Å². The first-order valence-electron chi connectivity index (χ1n) is 5.69. The molecule has 4 heteroatoms. The normalized spacial score (nSPS) is 12.4. The van der Waals surface area contributed by atoms with Gasteiger partial charge in [-0.15, -0.1) is 0 Å². The van der Waals surface area contributed by atoms with Gasteiger partial charge >= 0.3 is 0 Å². The monoisotopic (exact) mass is 240 g/mol. The number of fused-ring (bicyclic) bond motifs is 2. The highest BCUT2D eigenvalue weighted by atomic mass is 17.2. The fourth-order valence-electron chi connectivity index (χ4n) is 1.74. The van der Waals surface area contributed by atoms with Gasteiger partial charge in [0.1, 0.15) is 6.61 Å². The summed E-state index contributed by atoms with van der Waals surface area (Å²) in [7, 11) is 0. The van der Waals surface area contributed by atoms with Gasteiger partial charge in [0.15, 0.2) is 5.75 Å². The predicted molar refractivity (Wildman–Crippen MR) is 68.0 cm³/mol. The van der Waals surface area contributed by atoms with E-state index in [1.54, 1.807) is 6.33 Å². The number of aromatic amines is 1. The Morgan fingerprint density at radius 3 is 2.72 bits per heavy atom. The van der Waals surface area contributed by atoms with Crippen LogP contribution in [0.2, 0.25) is 0 Å². The molecule has 18 heavy (non-hydrogen) atoms. The van der Waals surface area contributed by atoms with E-state index >= 15 is 0 Å². The van der Waals surface area contributed by atoms with Crippen LogP contribution in [0.3, 0.4) is 0 Å². The van der Waals surface area contributed by atoms with E-state index in [0.717, 1.165) is 22.3 Å². The number of aromatic nitrogens is 2. The Labute approximate surface area is 104 Å². The maximum absolute atomic E-state index is 4.80. The van der Waals surface area contributed by atoms with E-state index in [4.69, 9.17) is 9.78 Å². The molecule has 0 spiro atoms. The summed E-state index contributed by atoms with van der Waals surface area (Å²) >= 11 is 0. The molecule has 1 aliphatic rings. The minimum absolute atomic E-state index is 0.580. The van der Waals surface area contributed by atoms with Crippen LogP contribution in [0.1, 0.15) is 5.56 Å². The highest BCUT2D eigenvalue weighted by Crippen LogP contribution is 2.24. The van der Waals surface area contributed by atoms with Crippen molar-refractivity contribution in [3.63, 3.8) is 0 Å². The van der Waals surface area contributed by atoms with Crippen molar-refractivity contribution in [3.05, 3.63) is 60.4 Å². The Bertz CT molecular complexity index is 596. The molecule has 90 valence electrons. The Hall–Kier alpha value is -2.33. The Balaban J connectivity index is 0.000000111. The number of para-hydroxylation sites is 3. The molecule has 1 N–H and O–H groups in total. The average Bonchev–Trinajstić information content (AvgIpc) is 3.08. The summed E-state index contributed by atoms with van der Waals surface area (Å²) in [6, 6.07) is 15.7. The van der Waals surface area contributed by atoms with Gasteiger partial charge in [-0.05, 0) is 18.2 Å². The van der Waals surface area contributed by atoms with Crippen LogP contribution in [0, 0.1) is 0 Å². The van der Waals surface area contributed by atoms with Gasteiger partial charge in [-0.1, -0.05) is 30.3 Å². The lowest BCUT2D eigenvalue weighted by Crippen LogP contribution is -1.80. The zero-order valence-corrected chi connectivity index (χ0v) is 9.67. The van der Waals surface area contributed by atoms with E-state index in [2.05, 4.69) is 9.97 Å². The maximum Gasteiger partial charge on any atom is 0.171 e. The zero-order valence-electron chi connectivity index (χ0n) is 9.67. The predicted octanol–water partition coefficient (Wildman–Crippen LogP) is 3.07. The number of H-pyrrole nitrogens is 1. The first-order chi connectivity index (χ1) is 8.93. The Morgan fingerprint density at radius 1 is 1.00 bits per heavy atom. The first kappa shape index (κ1) is 10.8. The van der Waals surface area contributed by atoms with Crippen molar-refractivity contribution in [2.45, 2.75) is 6.61 Å². The minimum Gasteiger partial charge on any atom is -0.345 e. The summed E-state index contributed by atoms with van der Waals surface area (Å²) in [4.78, 5) is 16.6. The maximum atomic E-state index is 4.80. The number of benzene rings is 2. The molecule has 3 aromatic rings. The third-order valence-electron chi connectivity index (χ3n) is 2.66. The summed E-state index contributed by atoms with van der Waals surface area (Å²) in [5.41, 5.74) is 3.24. The van der Waals surface area contributed by atoms with Crippen molar-refractivity contribution < 1.29 is 9.78 Å². The van der Waals surface area contributed by atoms with Gasteiger partial charge in [0.05, 0.1) is 17.4 Å². The first-order valence-corrected chi connectivity index (χ1v) is 5.69. The van der Waals surface area contributed by atoms with Gasteiger partial charge in [-0.3, -0.25) is 0 Å². The van der Waals surface area contributed by atoms with Gasteiger partial charge in [0.25, 0.3) is 0 Å². The highest BCUT2D eigenvalue weighted by Gasteiger charge is 2.10. The van der Waals surface area contributed by atoms with Crippen molar-refractivity contribution in [3.8, 4) is 5.75 Å². The Kier molecular flexibility index (Phi) is 2.94. The molecular formula is C14H12N2O2. The fourth-order valence-corrected chi connectivity index (χ4v) is 1.74. The highest BCUT2D eigenvalue weighted by molar-refractivity contribution is 5.73. The third kappa shape index (κ3) is 2.19. The van der Waals surface area contributed by atoms with Crippen molar-refractivity contribution in [2.75, 3.05) is 0 Å². The second kappa shape index (κ2) is 4.89. The fraction of sp³-hybridized carbons (Fsp3) is 0.0714. The number of hydrogen-bond acceptors (Lipinski definition) is 3. The van der Waals surface area contributed by atoms with Crippen LogP contribution in [0.15, 0.2) is 54.9 Å². The summed E-state index contributed by atoms with van der Waals surface area (Å²) in [5.74, 6) is 0.845. The molecule has 1 aromatic heterocycles. The van der Waals surface area contributed by atoms with Gasteiger partial charge in [-0.2, -0.15) is 4.89 Å². The average molecular weight is 240 g/mol. The second-order valence-corrected chi connectivity index (χ2v) is 3.87. The molecule has 0 saturated carbocycles. The van der Waals surface area contributed by atoms with Crippen LogP contribution in [-0.4, -0.2) is 9.97 Å². The molecule has 0 atom stereocenters. The van der Waals surface area contributed by atoms with Gasteiger partial charge in [0, 0.05) is 5.56 Å². The molecular weight excluding hydrogens is 228 g/mol. The number of nitrogens with one attached hydrogen (secondary N) is 1. The van der Waals surface area contributed by atoms with E-state index in [0.29, 0.717) is 6.61 Å². The molecule has 1 aliphatic heterocycles. The number of imidazole rings is 1. The van der Waals surface area contributed by atoms with Crippen molar-refractivity contribution in [1.82, 2.24) is 9.97 Å². The zero-order chi connectivity index (χ0) is 12.2. The summed E-state index contributed by atoms with van der Waals surface area (Å²) in [6.45, 7) is 0.580. The van der Waals surface area contributed by atoms with Crippen LogP contribution in [-0.2, 0) is 11.5 Å². The molecule has 4 rings (SSSR count). The molecule has 2 heterocycles. The molecule has 0 unspecified atom stereocenters. The number of rotatable bonds is 0. The van der Waals surface area contributed by atoms with Crippen molar-refractivity contribution in [1.29, 1.82) is 0 Å². The van der Waals surface area contributed by atoms with Crippen LogP contribution >= 0.6 is 0 Å². The second-order valence-electron chi connectivity index (χ2n) is 3.87. The molecule has 0 fully saturated rings. The molecule has 0 radical (unpaired) electrons. The molecule has 4 nitrogen and oxygen atoms in total. The van der Waals surface area contributed by atoms with Crippen LogP contribution in [0.25, 0.3) is 11.0 Å². The van der Waals surface area contributed by atoms with E-state index in [9.17, 15) is 0 Å². The number of hydrogen-bond donors (Lipinski definition) is 1. The third-order valence-corrected chi connectivity index (χ3v) is 2.66. The lowest BCUT2D eigenvalue weighted by atomic mass is 10.2. The molecule has 0 aliphatic carbocycles. The lowest BCUT2D eigenvalue weighted by Gasteiger charge is -1.89. The van der Waals surface area contributed by atoms with Crippen molar-refractivity contribution >= 4 is 11.0 Å². The number of nitrogens with zero attached hydrogens (tertiary/aromatic N) is 1. The van der Waals surface area contributed by atoms with Crippen LogP contribution in [0.5, 0.6) is 5.75 Å². The molecule has 0 amide bonds. The summed E-state index contributed by atoms with van der Waals surface area (Å²) in [6.07, 6.45) is 1.70. The SMILES string of the molecule is c1ccc2[nH]cnc2c1.c1ccc2c(c1)COO2. The van der Waals surface area contributed by atoms with Gasteiger partial charge < -0.3 is 9.87 Å². The van der Waals surface area contributed by atoms with Crippen LogP contribution in [0.4, 0.5) is 0 Å². The van der Waals surface area contributed by atoms with Gasteiger partial charge in [0.2, 0.25) is 0 Å². The smallest absolute Gasteiger partial charge is 0.171 e. The van der Waals surface area contributed by atoms with E-state index in [1.807, 2.05) is 48.5 Å². The van der Waals surface area contributed by atoms with Crippen molar-refractivity contribution in [2.24, 2.45) is 0 Å².